The van der Waals surface area contributed by atoms with Crippen molar-refractivity contribution >= 4 is 17.0 Å². The van der Waals surface area contributed by atoms with Crippen molar-refractivity contribution in [2.45, 2.75) is 52.2 Å². The van der Waals surface area contributed by atoms with Gasteiger partial charge in [0.05, 0.1) is 12.5 Å². The number of piperazine rings is 1. The highest BCUT2D eigenvalue weighted by Gasteiger charge is 2.28. The number of aryl methyl sites for hydroxylation is 2. The number of fused-ring (bicyclic) bond motifs is 1. The summed E-state index contributed by atoms with van der Waals surface area (Å²) in [4.78, 5) is 23.7. The van der Waals surface area contributed by atoms with Crippen LogP contribution >= 0.6 is 0 Å². The lowest BCUT2D eigenvalue weighted by atomic mass is 10.1. The Kier molecular flexibility index (Phi) is 4.77. The summed E-state index contributed by atoms with van der Waals surface area (Å²) >= 11 is 0. The monoisotopic (exact) mass is 343 g/mol. The van der Waals surface area contributed by atoms with E-state index in [-0.39, 0.29) is 18.2 Å². The quantitative estimate of drug-likeness (QED) is 0.882. The van der Waals surface area contributed by atoms with E-state index < -0.39 is 0 Å². The number of rotatable bonds is 4. The fourth-order valence-electron chi connectivity index (χ4n) is 3.47. The molecule has 2 atom stereocenters. The zero-order valence-electron chi connectivity index (χ0n) is 15.3. The third-order valence-corrected chi connectivity index (χ3v) is 4.76. The predicted molar refractivity (Wildman–Crippen MR) is 96.6 cm³/mol. The minimum atomic E-state index is -0.290. The van der Waals surface area contributed by atoms with Crippen LogP contribution in [0.25, 0.3) is 11.2 Å². The van der Waals surface area contributed by atoms with Crippen molar-refractivity contribution in [3.63, 3.8) is 0 Å². The lowest BCUT2D eigenvalue weighted by Gasteiger charge is -2.38. The van der Waals surface area contributed by atoms with Gasteiger partial charge in [-0.25, -0.2) is 9.78 Å². The Balaban J connectivity index is 2.26. The topological polar surface area (TPSA) is 91.8 Å². The summed E-state index contributed by atoms with van der Waals surface area (Å²) < 4.78 is 3.53. The van der Waals surface area contributed by atoms with Gasteiger partial charge in [0.2, 0.25) is 0 Å². The fourth-order valence-corrected chi connectivity index (χ4v) is 3.47. The van der Waals surface area contributed by atoms with Crippen molar-refractivity contribution in [1.29, 1.82) is 5.26 Å². The second-order valence-electron chi connectivity index (χ2n) is 6.77. The Labute approximate surface area is 147 Å². The molecule has 0 radical (unpaired) electrons. The van der Waals surface area contributed by atoms with E-state index in [1.54, 1.807) is 11.6 Å². The van der Waals surface area contributed by atoms with Gasteiger partial charge in [-0.3, -0.25) is 4.57 Å². The van der Waals surface area contributed by atoms with E-state index in [0.717, 1.165) is 31.7 Å². The van der Waals surface area contributed by atoms with Crippen LogP contribution in [0.15, 0.2) is 4.79 Å². The molecule has 134 valence electrons. The van der Waals surface area contributed by atoms with Crippen LogP contribution in [0, 0.1) is 11.3 Å². The molecule has 1 fully saturated rings. The zero-order valence-corrected chi connectivity index (χ0v) is 15.3. The van der Waals surface area contributed by atoms with E-state index in [1.807, 2.05) is 4.57 Å². The van der Waals surface area contributed by atoms with E-state index in [0.29, 0.717) is 23.2 Å². The highest BCUT2D eigenvalue weighted by molar-refractivity contribution is 5.84. The van der Waals surface area contributed by atoms with Gasteiger partial charge < -0.3 is 14.8 Å². The van der Waals surface area contributed by atoms with Gasteiger partial charge in [-0.1, -0.05) is 6.92 Å². The van der Waals surface area contributed by atoms with Gasteiger partial charge in [-0.2, -0.15) is 10.2 Å². The Bertz CT molecular complexity index is 876. The van der Waals surface area contributed by atoms with Gasteiger partial charge in [-0.15, -0.1) is 0 Å². The van der Waals surface area contributed by atoms with Crippen molar-refractivity contribution in [1.82, 2.24) is 24.4 Å². The largest absolute Gasteiger partial charge is 0.350 e. The summed E-state index contributed by atoms with van der Waals surface area (Å²) in [5, 5.41) is 12.6. The van der Waals surface area contributed by atoms with Crippen LogP contribution in [0.4, 0.5) is 5.82 Å². The van der Waals surface area contributed by atoms with Crippen LogP contribution in [0.2, 0.25) is 0 Å². The number of nitrogens with zero attached hydrogens (tertiary/aromatic N) is 6. The molecule has 2 aromatic rings. The number of hydrogen-bond donors (Lipinski definition) is 1. The number of aromatic nitrogens is 4. The van der Waals surface area contributed by atoms with E-state index in [2.05, 4.69) is 42.0 Å². The van der Waals surface area contributed by atoms with Crippen molar-refractivity contribution in [3.8, 4) is 6.07 Å². The molecule has 0 aromatic carbocycles. The van der Waals surface area contributed by atoms with Crippen molar-refractivity contribution in [2.24, 2.45) is 7.05 Å². The number of anilines is 1. The van der Waals surface area contributed by atoms with Gasteiger partial charge in [0.15, 0.2) is 5.82 Å². The molecule has 1 aliphatic rings. The number of imidazole rings is 1. The normalized spacial score (nSPS) is 20.8. The molecule has 1 N–H and O–H groups in total. The zero-order chi connectivity index (χ0) is 18.1. The van der Waals surface area contributed by atoms with Gasteiger partial charge >= 0.3 is 5.69 Å². The Morgan fingerprint density at radius 3 is 2.80 bits per heavy atom. The third-order valence-electron chi connectivity index (χ3n) is 4.76. The van der Waals surface area contributed by atoms with Crippen LogP contribution in [-0.4, -0.2) is 44.3 Å². The molecule has 0 aliphatic carbocycles. The molecule has 1 aliphatic heterocycles. The minimum absolute atomic E-state index is 0.217. The molecular weight excluding hydrogens is 318 g/mol. The van der Waals surface area contributed by atoms with E-state index in [9.17, 15) is 4.79 Å². The second kappa shape index (κ2) is 6.84. The van der Waals surface area contributed by atoms with Gasteiger partial charge in [0.1, 0.15) is 17.0 Å². The van der Waals surface area contributed by atoms with Crippen molar-refractivity contribution in [2.75, 3.05) is 18.0 Å². The predicted octanol–water partition coefficient (Wildman–Crippen LogP) is 0.793. The smallest absolute Gasteiger partial charge is 0.349 e. The lowest BCUT2D eigenvalue weighted by Crippen LogP contribution is -2.55. The average Bonchev–Trinajstić information content (AvgIpc) is 2.93. The summed E-state index contributed by atoms with van der Waals surface area (Å²) in [7, 11) is 1.72. The molecule has 0 saturated carbocycles. The lowest BCUT2D eigenvalue weighted by molar-refractivity contribution is 0.422. The summed E-state index contributed by atoms with van der Waals surface area (Å²) in [6.07, 6.45) is 1.12. The number of hydrogen-bond acceptors (Lipinski definition) is 6. The first-order valence-electron chi connectivity index (χ1n) is 8.81. The molecule has 3 rings (SSSR count). The SMILES string of the molecule is CCCn1c(CC#N)nc2c(N3C[C@@H](C)NC[C@@H]3C)nc(=O)n(C)c21. The molecular formula is C17H25N7O. The fraction of sp³-hybridized carbons (Fsp3) is 0.647. The minimum Gasteiger partial charge on any atom is -0.349 e. The molecule has 0 bridgehead atoms. The maximum atomic E-state index is 12.5. The molecule has 0 unspecified atom stereocenters. The van der Waals surface area contributed by atoms with Gasteiger partial charge in [0, 0.05) is 38.8 Å². The van der Waals surface area contributed by atoms with Gasteiger partial charge in [0.25, 0.3) is 0 Å². The molecule has 0 amide bonds. The second-order valence-corrected chi connectivity index (χ2v) is 6.77. The molecule has 2 aromatic heterocycles. The first-order valence-corrected chi connectivity index (χ1v) is 8.81. The number of nitriles is 1. The summed E-state index contributed by atoms with van der Waals surface area (Å²) in [6.45, 7) is 8.63. The first-order chi connectivity index (χ1) is 12.0. The van der Waals surface area contributed by atoms with E-state index in [1.165, 1.54) is 0 Å². The molecule has 8 heteroatoms. The Morgan fingerprint density at radius 2 is 2.12 bits per heavy atom. The van der Waals surface area contributed by atoms with Crippen LogP contribution in [0.3, 0.4) is 0 Å². The molecule has 1 saturated heterocycles. The third kappa shape index (κ3) is 3.00. The van der Waals surface area contributed by atoms with Crippen LogP contribution < -0.4 is 15.9 Å². The van der Waals surface area contributed by atoms with Crippen molar-refractivity contribution < 1.29 is 0 Å². The standard InChI is InChI=1S/C17H25N7O/c1-5-8-23-13(6-7-18)20-14-15(21-17(25)22(4)16(14)23)24-10-11(2)19-9-12(24)3/h11-12,19H,5-6,8-10H2,1-4H3/t11-,12+/m1/s1. The molecule has 3 heterocycles. The Morgan fingerprint density at radius 1 is 1.36 bits per heavy atom. The summed E-state index contributed by atoms with van der Waals surface area (Å²) in [5.41, 5.74) is 1.17. The van der Waals surface area contributed by atoms with Crippen molar-refractivity contribution in [3.05, 3.63) is 16.3 Å². The van der Waals surface area contributed by atoms with Crippen LogP contribution in [-0.2, 0) is 20.0 Å². The van der Waals surface area contributed by atoms with Crippen LogP contribution in [0.1, 0.15) is 33.0 Å². The van der Waals surface area contributed by atoms with E-state index in [4.69, 9.17) is 10.2 Å². The highest BCUT2D eigenvalue weighted by atomic mass is 16.1. The average molecular weight is 343 g/mol. The first kappa shape index (κ1) is 17.4. The maximum Gasteiger partial charge on any atom is 0.350 e. The number of nitrogens with one attached hydrogen (secondary N) is 1. The molecule has 8 nitrogen and oxygen atoms in total. The summed E-state index contributed by atoms with van der Waals surface area (Å²) in [6, 6.07) is 2.71. The Hall–Kier alpha value is -2.40. The maximum absolute atomic E-state index is 12.5. The molecule has 25 heavy (non-hydrogen) atoms. The van der Waals surface area contributed by atoms with E-state index >= 15 is 0 Å². The highest BCUT2D eigenvalue weighted by Crippen LogP contribution is 2.26. The summed E-state index contributed by atoms with van der Waals surface area (Å²) in [5.74, 6) is 1.33. The molecule has 0 spiro atoms. The van der Waals surface area contributed by atoms with Gasteiger partial charge in [-0.05, 0) is 20.3 Å². The van der Waals surface area contributed by atoms with Crippen LogP contribution in [0.5, 0.6) is 0 Å².